The number of anilines is 1. The van der Waals surface area contributed by atoms with Gasteiger partial charge in [-0.15, -0.1) is 0 Å². The maximum Gasteiger partial charge on any atom is 0.239 e. The van der Waals surface area contributed by atoms with Crippen molar-refractivity contribution in [3.05, 3.63) is 54.0 Å². The summed E-state index contributed by atoms with van der Waals surface area (Å²) in [5, 5.41) is 2.89. The first-order chi connectivity index (χ1) is 12.7. The fraction of sp³-hybridized carbons (Fsp3) is 0.400. The van der Waals surface area contributed by atoms with E-state index in [1.165, 1.54) is 5.56 Å². The average molecular weight is 372 g/mol. The average Bonchev–Trinajstić information content (AvgIpc) is 3.31. The van der Waals surface area contributed by atoms with Gasteiger partial charge in [-0.05, 0) is 42.7 Å². The zero-order valence-electron chi connectivity index (χ0n) is 14.9. The number of rotatable bonds is 8. The van der Waals surface area contributed by atoms with Gasteiger partial charge in [-0.1, -0.05) is 19.1 Å². The minimum atomic E-state index is -0.573. The normalized spacial score (nSPS) is 16.9. The Labute approximate surface area is 158 Å². The molecular weight excluding hydrogens is 348 g/mol. The molecule has 0 unspecified atom stereocenters. The molecule has 0 aliphatic carbocycles. The number of benzene rings is 1. The molecule has 1 aromatic heterocycles. The van der Waals surface area contributed by atoms with E-state index in [1.807, 2.05) is 36.4 Å². The largest absolute Gasteiger partial charge is 0.468 e. The van der Waals surface area contributed by atoms with Crippen LogP contribution in [-0.4, -0.2) is 30.7 Å². The molecule has 1 N–H and O–H groups in total. The lowest BCUT2D eigenvalue weighted by atomic mass is 10.1. The third kappa shape index (κ3) is 4.49. The highest BCUT2D eigenvalue weighted by Gasteiger charge is 2.37. The molecule has 138 valence electrons. The van der Waals surface area contributed by atoms with Gasteiger partial charge in [-0.3, -0.25) is 9.59 Å². The number of hydrogen-bond donors (Lipinski definition) is 1. The number of furan rings is 1. The Bertz CT molecular complexity index is 728. The number of hydrogen-bond acceptors (Lipinski definition) is 4. The van der Waals surface area contributed by atoms with Crippen molar-refractivity contribution < 1.29 is 14.0 Å². The molecule has 0 radical (unpaired) electrons. The number of carbonyl (C=O) groups excluding carboxylic acids is 2. The van der Waals surface area contributed by atoms with Gasteiger partial charge in [-0.2, -0.15) is 11.8 Å². The van der Waals surface area contributed by atoms with Gasteiger partial charge in [0.05, 0.1) is 12.0 Å². The topological polar surface area (TPSA) is 62.6 Å². The van der Waals surface area contributed by atoms with Gasteiger partial charge < -0.3 is 14.6 Å². The van der Waals surface area contributed by atoms with Crippen LogP contribution in [0.25, 0.3) is 0 Å². The van der Waals surface area contributed by atoms with Crippen LogP contribution in [0.3, 0.4) is 0 Å². The van der Waals surface area contributed by atoms with Crippen molar-refractivity contribution in [2.24, 2.45) is 5.92 Å². The Morgan fingerprint density at radius 2 is 2.12 bits per heavy atom. The number of aryl methyl sites for hydroxylation is 1. The first kappa shape index (κ1) is 18.6. The molecule has 0 spiro atoms. The van der Waals surface area contributed by atoms with E-state index in [2.05, 4.69) is 12.2 Å². The zero-order valence-corrected chi connectivity index (χ0v) is 15.8. The number of thioether (sulfide) groups is 1. The molecule has 1 saturated heterocycles. The van der Waals surface area contributed by atoms with Crippen LogP contribution >= 0.6 is 11.8 Å². The first-order valence-corrected chi connectivity index (χ1v) is 10.1. The van der Waals surface area contributed by atoms with Crippen molar-refractivity contribution in [3.63, 3.8) is 0 Å². The van der Waals surface area contributed by atoms with Crippen molar-refractivity contribution in [1.29, 1.82) is 0 Å². The van der Waals surface area contributed by atoms with Crippen LogP contribution in [0, 0.1) is 5.92 Å². The third-order valence-electron chi connectivity index (χ3n) is 4.55. The van der Waals surface area contributed by atoms with E-state index >= 15 is 0 Å². The first-order valence-electron chi connectivity index (χ1n) is 8.97. The van der Waals surface area contributed by atoms with Crippen LogP contribution in [0.15, 0.2) is 47.1 Å². The highest BCUT2D eigenvalue weighted by molar-refractivity contribution is 7.98. The van der Waals surface area contributed by atoms with E-state index in [0.717, 1.165) is 29.4 Å². The molecular formula is C20H24N2O3S. The van der Waals surface area contributed by atoms with Gasteiger partial charge >= 0.3 is 0 Å². The molecule has 1 aliphatic rings. The van der Waals surface area contributed by atoms with Crippen molar-refractivity contribution in [2.75, 3.05) is 23.7 Å². The van der Waals surface area contributed by atoms with E-state index in [0.29, 0.717) is 19.5 Å². The van der Waals surface area contributed by atoms with E-state index in [-0.39, 0.29) is 11.8 Å². The minimum absolute atomic E-state index is 0.102. The number of nitrogens with one attached hydrogen (secondary N) is 1. The summed E-state index contributed by atoms with van der Waals surface area (Å²) < 4.78 is 5.27. The van der Waals surface area contributed by atoms with E-state index in [4.69, 9.17) is 4.42 Å². The van der Waals surface area contributed by atoms with Crippen LogP contribution in [0.2, 0.25) is 0 Å². The summed E-state index contributed by atoms with van der Waals surface area (Å²) in [5.74, 6) is 1.66. The maximum atomic E-state index is 12.6. The summed E-state index contributed by atoms with van der Waals surface area (Å²) in [5.41, 5.74) is 2.11. The number of amides is 2. The van der Waals surface area contributed by atoms with Crippen molar-refractivity contribution >= 4 is 29.3 Å². The minimum Gasteiger partial charge on any atom is -0.468 e. The van der Waals surface area contributed by atoms with Gasteiger partial charge in [0.1, 0.15) is 11.7 Å². The fourth-order valence-corrected chi connectivity index (χ4v) is 3.78. The SMILES string of the molecule is CCc1ccc(N2CC[C@@H](C(=O)NCCSCc3ccco3)C2=O)cc1. The van der Waals surface area contributed by atoms with Crippen LogP contribution in [0.1, 0.15) is 24.7 Å². The van der Waals surface area contributed by atoms with Crippen molar-refractivity contribution in [1.82, 2.24) is 5.32 Å². The molecule has 1 atom stereocenters. The Hall–Kier alpha value is -2.21. The summed E-state index contributed by atoms with van der Waals surface area (Å²) in [6.07, 6.45) is 3.20. The molecule has 0 saturated carbocycles. The van der Waals surface area contributed by atoms with Gasteiger partial charge in [0.2, 0.25) is 11.8 Å². The molecule has 2 amide bonds. The highest BCUT2D eigenvalue weighted by atomic mass is 32.2. The van der Waals surface area contributed by atoms with Gasteiger partial charge in [-0.25, -0.2) is 0 Å². The van der Waals surface area contributed by atoms with Crippen LogP contribution < -0.4 is 10.2 Å². The lowest BCUT2D eigenvalue weighted by Gasteiger charge is -2.17. The van der Waals surface area contributed by atoms with E-state index < -0.39 is 5.92 Å². The Balaban J connectivity index is 1.44. The van der Waals surface area contributed by atoms with E-state index in [9.17, 15) is 9.59 Å². The van der Waals surface area contributed by atoms with Crippen LogP contribution in [0.4, 0.5) is 5.69 Å². The molecule has 2 heterocycles. The van der Waals surface area contributed by atoms with Gasteiger partial charge in [0.15, 0.2) is 0 Å². The summed E-state index contributed by atoms with van der Waals surface area (Å²) in [7, 11) is 0. The Morgan fingerprint density at radius 3 is 2.81 bits per heavy atom. The number of nitrogens with zero attached hydrogens (tertiary/aromatic N) is 1. The van der Waals surface area contributed by atoms with Gasteiger partial charge in [0, 0.05) is 24.5 Å². The zero-order chi connectivity index (χ0) is 18.4. The lowest BCUT2D eigenvalue weighted by molar-refractivity contribution is -0.132. The Morgan fingerprint density at radius 1 is 1.31 bits per heavy atom. The number of carbonyl (C=O) groups is 2. The summed E-state index contributed by atoms with van der Waals surface area (Å²) in [4.78, 5) is 26.6. The summed E-state index contributed by atoms with van der Waals surface area (Å²) >= 11 is 1.69. The monoisotopic (exact) mass is 372 g/mol. The van der Waals surface area contributed by atoms with Crippen LogP contribution in [-0.2, 0) is 21.8 Å². The molecule has 3 rings (SSSR count). The standard InChI is InChI=1S/C20H24N2O3S/c1-2-15-5-7-16(8-6-15)22-11-9-18(20(22)24)19(23)21-10-13-26-14-17-4-3-12-25-17/h3-8,12,18H,2,9-11,13-14H2,1H3,(H,21,23)/t18-/m0/s1. The second-order valence-electron chi connectivity index (χ2n) is 6.27. The quantitative estimate of drug-likeness (QED) is 0.571. The predicted octanol–water partition coefficient (Wildman–Crippen LogP) is 3.24. The molecule has 6 heteroatoms. The molecule has 26 heavy (non-hydrogen) atoms. The molecule has 1 fully saturated rings. The summed E-state index contributed by atoms with van der Waals surface area (Å²) in [6.45, 7) is 3.25. The molecule has 2 aromatic rings. The lowest BCUT2D eigenvalue weighted by Crippen LogP contribution is -2.37. The maximum absolute atomic E-state index is 12.6. The molecule has 1 aromatic carbocycles. The molecule has 5 nitrogen and oxygen atoms in total. The molecule has 0 bridgehead atoms. The highest BCUT2D eigenvalue weighted by Crippen LogP contribution is 2.25. The third-order valence-corrected chi connectivity index (χ3v) is 5.53. The van der Waals surface area contributed by atoms with Crippen molar-refractivity contribution in [2.45, 2.75) is 25.5 Å². The van der Waals surface area contributed by atoms with Gasteiger partial charge in [0.25, 0.3) is 0 Å². The predicted molar refractivity (Wildman–Crippen MR) is 104 cm³/mol. The van der Waals surface area contributed by atoms with Crippen LogP contribution in [0.5, 0.6) is 0 Å². The Kier molecular flexibility index (Phi) is 6.39. The van der Waals surface area contributed by atoms with E-state index in [1.54, 1.807) is 22.9 Å². The second kappa shape index (κ2) is 8.94. The molecule has 1 aliphatic heterocycles. The summed E-state index contributed by atoms with van der Waals surface area (Å²) in [6, 6.07) is 11.8. The second-order valence-corrected chi connectivity index (χ2v) is 7.38. The van der Waals surface area contributed by atoms with Crippen molar-refractivity contribution in [3.8, 4) is 0 Å². The smallest absolute Gasteiger partial charge is 0.239 e. The fourth-order valence-electron chi connectivity index (χ4n) is 3.03.